The molecule has 1 heterocycles. The van der Waals surface area contributed by atoms with E-state index in [1.54, 1.807) is 0 Å². The van der Waals surface area contributed by atoms with Crippen LogP contribution in [-0.2, 0) is 14.5 Å². The molecule has 0 fully saturated rings. The lowest BCUT2D eigenvalue weighted by Crippen LogP contribution is -2.10. The summed E-state index contributed by atoms with van der Waals surface area (Å²) in [7, 11) is -3.20. The lowest BCUT2D eigenvalue weighted by molar-refractivity contribution is -0.127. The number of hydrogen-bond donors (Lipinski definition) is 0. The standard InChI is InChI=1S/C8H7ClF2N2O2S/c1-16(15,13-8(14)7(10)11)5-2-3-6(9)12-4-5/h2-4,7H,1H3. The summed E-state index contributed by atoms with van der Waals surface area (Å²) in [4.78, 5) is 14.4. The third-order valence-corrected chi connectivity index (χ3v) is 3.46. The second kappa shape index (κ2) is 4.84. The number of carbonyl (C=O) groups excluding carboxylic acids is 1. The van der Waals surface area contributed by atoms with Crippen LogP contribution >= 0.6 is 11.6 Å². The Morgan fingerprint density at radius 2 is 2.19 bits per heavy atom. The largest absolute Gasteiger partial charge is 0.321 e. The molecular formula is C8H7ClF2N2O2S. The van der Waals surface area contributed by atoms with Crippen LogP contribution in [0.4, 0.5) is 8.78 Å². The molecule has 0 aliphatic carbocycles. The summed E-state index contributed by atoms with van der Waals surface area (Å²) in [6, 6.07) is 2.66. The van der Waals surface area contributed by atoms with E-state index in [0.717, 1.165) is 12.5 Å². The number of aromatic nitrogens is 1. The molecule has 8 heteroatoms. The molecule has 1 amide bonds. The van der Waals surface area contributed by atoms with Crippen molar-refractivity contribution in [2.75, 3.05) is 6.26 Å². The molecule has 0 aliphatic rings. The SMILES string of the molecule is CS(=O)(=NC(=O)C(F)F)c1ccc(Cl)nc1. The number of rotatable bonds is 2. The first-order chi connectivity index (χ1) is 7.33. The highest BCUT2D eigenvalue weighted by atomic mass is 35.5. The van der Waals surface area contributed by atoms with E-state index < -0.39 is 22.1 Å². The van der Waals surface area contributed by atoms with Gasteiger partial charge in [-0.25, -0.2) is 9.19 Å². The van der Waals surface area contributed by atoms with Gasteiger partial charge in [-0.2, -0.15) is 13.1 Å². The minimum absolute atomic E-state index is 0.0749. The van der Waals surface area contributed by atoms with Crippen LogP contribution in [0.1, 0.15) is 0 Å². The van der Waals surface area contributed by atoms with Gasteiger partial charge in [0.05, 0.1) is 14.6 Å². The number of nitrogens with zero attached hydrogens (tertiary/aromatic N) is 2. The summed E-state index contributed by atoms with van der Waals surface area (Å²) in [5.41, 5.74) is 0. The molecule has 0 spiro atoms. The first-order valence-electron chi connectivity index (χ1n) is 3.98. The Kier molecular flexibility index (Phi) is 3.93. The van der Waals surface area contributed by atoms with E-state index >= 15 is 0 Å². The Hall–Kier alpha value is -1.08. The first-order valence-corrected chi connectivity index (χ1v) is 6.29. The summed E-state index contributed by atoms with van der Waals surface area (Å²) >= 11 is 5.50. The fourth-order valence-electron chi connectivity index (χ4n) is 0.851. The molecule has 0 bridgehead atoms. The molecule has 88 valence electrons. The van der Waals surface area contributed by atoms with E-state index in [0.29, 0.717) is 0 Å². The highest BCUT2D eigenvalue weighted by Gasteiger charge is 2.17. The van der Waals surface area contributed by atoms with E-state index in [2.05, 4.69) is 9.35 Å². The van der Waals surface area contributed by atoms with E-state index in [1.807, 2.05) is 0 Å². The predicted octanol–water partition coefficient (Wildman–Crippen LogP) is 1.98. The Labute approximate surface area is 95.8 Å². The summed E-state index contributed by atoms with van der Waals surface area (Å²) in [5.74, 6) is -1.71. The summed E-state index contributed by atoms with van der Waals surface area (Å²) < 4.78 is 38.6. The number of alkyl halides is 2. The van der Waals surface area contributed by atoms with Crippen LogP contribution in [-0.4, -0.2) is 27.8 Å². The fraction of sp³-hybridized carbons (Fsp3) is 0.250. The summed E-state index contributed by atoms with van der Waals surface area (Å²) in [5, 5.41) is 0.166. The van der Waals surface area contributed by atoms with Gasteiger partial charge in [-0.05, 0) is 12.1 Å². The van der Waals surface area contributed by atoms with Gasteiger partial charge in [0.25, 0.3) is 0 Å². The van der Waals surface area contributed by atoms with Gasteiger partial charge >= 0.3 is 12.3 Å². The Balaban J connectivity index is 3.16. The molecule has 0 radical (unpaired) electrons. The average molecular weight is 269 g/mol. The zero-order valence-electron chi connectivity index (χ0n) is 8.06. The van der Waals surface area contributed by atoms with E-state index in [9.17, 15) is 17.8 Å². The third kappa shape index (κ3) is 3.21. The van der Waals surface area contributed by atoms with Gasteiger partial charge in [-0.1, -0.05) is 11.6 Å². The normalized spacial score (nSPS) is 14.6. The summed E-state index contributed by atoms with van der Waals surface area (Å²) in [6.45, 7) is 0. The van der Waals surface area contributed by atoms with Crippen molar-refractivity contribution in [3.05, 3.63) is 23.5 Å². The third-order valence-electron chi connectivity index (χ3n) is 1.59. The van der Waals surface area contributed by atoms with Crippen molar-refractivity contribution in [3.63, 3.8) is 0 Å². The van der Waals surface area contributed by atoms with Crippen LogP contribution < -0.4 is 0 Å². The van der Waals surface area contributed by atoms with Crippen molar-refractivity contribution in [1.29, 1.82) is 0 Å². The predicted molar refractivity (Wildman–Crippen MR) is 55.0 cm³/mol. The number of pyridine rings is 1. The van der Waals surface area contributed by atoms with Gasteiger partial charge in [0.2, 0.25) is 0 Å². The molecule has 0 aliphatic heterocycles. The topological polar surface area (TPSA) is 59.4 Å². The number of hydrogen-bond acceptors (Lipinski definition) is 3. The highest BCUT2D eigenvalue weighted by molar-refractivity contribution is 7.93. The second-order valence-corrected chi connectivity index (χ2v) is 5.50. The molecule has 4 nitrogen and oxygen atoms in total. The minimum Gasteiger partial charge on any atom is -0.265 e. The molecule has 0 saturated carbocycles. The second-order valence-electron chi connectivity index (χ2n) is 2.85. The van der Waals surface area contributed by atoms with Gasteiger partial charge in [-0.15, -0.1) is 0 Å². The van der Waals surface area contributed by atoms with Gasteiger partial charge in [0.1, 0.15) is 5.15 Å². The van der Waals surface area contributed by atoms with E-state index in [4.69, 9.17) is 11.6 Å². The van der Waals surface area contributed by atoms with Crippen molar-refractivity contribution in [3.8, 4) is 0 Å². The molecule has 0 saturated heterocycles. The first kappa shape index (κ1) is 13.0. The number of halogens is 3. The zero-order chi connectivity index (χ0) is 12.3. The van der Waals surface area contributed by atoms with Gasteiger partial charge in [-0.3, -0.25) is 4.79 Å². The van der Waals surface area contributed by atoms with Crippen LogP contribution in [0.3, 0.4) is 0 Å². The molecule has 1 rings (SSSR count). The Morgan fingerprint density at radius 3 is 2.62 bits per heavy atom. The van der Waals surface area contributed by atoms with Crippen molar-refractivity contribution < 1.29 is 17.8 Å². The fourth-order valence-corrected chi connectivity index (χ4v) is 2.06. The van der Waals surface area contributed by atoms with E-state index in [-0.39, 0.29) is 10.0 Å². The average Bonchev–Trinajstić information content (AvgIpc) is 2.17. The van der Waals surface area contributed by atoms with Crippen LogP contribution in [0.5, 0.6) is 0 Å². The van der Waals surface area contributed by atoms with Crippen molar-refractivity contribution in [2.24, 2.45) is 4.36 Å². The van der Waals surface area contributed by atoms with E-state index in [1.165, 1.54) is 12.1 Å². The minimum atomic E-state index is -3.26. The quantitative estimate of drug-likeness (QED) is 0.771. The molecule has 0 N–H and O–H groups in total. The molecule has 16 heavy (non-hydrogen) atoms. The van der Waals surface area contributed by atoms with Crippen LogP contribution in [0.15, 0.2) is 27.6 Å². The maximum absolute atomic E-state index is 11.9. The van der Waals surface area contributed by atoms with Crippen LogP contribution in [0, 0.1) is 0 Å². The van der Waals surface area contributed by atoms with Crippen LogP contribution in [0.2, 0.25) is 5.15 Å². The molecule has 1 unspecified atom stereocenters. The number of carbonyl (C=O) groups is 1. The van der Waals surface area contributed by atoms with Crippen molar-refractivity contribution in [1.82, 2.24) is 4.98 Å². The smallest absolute Gasteiger partial charge is 0.265 e. The molecule has 1 aromatic heterocycles. The lowest BCUT2D eigenvalue weighted by Gasteiger charge is -2.02. The highest BCUT2D eigenvalue weighted by Crippen LogP contribution is 2.13. The van der Waals surface area contributed by atoms with Gasteiger partial charge in [0.15, 0.2) is 0 Å². The van der Waals surface area contributed by atoms with Gasteiger partial charge in [0, 0.05) is 12.5 Å². The Bertz CT molecular complexity index is 509. The molecule has 0 aromatic carbocycles. The van der Waals surface area contributed by atoms with Gasteiger partial charge < -0.3 is 0 Å². The van der Waals surface area contributed by atoms with Crippen molar-refractivity contribution >= 4 is 27.2 Å². The lowest BCUT2D eigenvalue weighted by atomic mass is 10.5. The summed E-state index contributed by atoms with van der Waals surface area (Å²) in [6.07, 6.45) is -1.05. The number of amides is 1. The Morgan fingerprint density at radius 1 is 1.56 bits per heavy atom. The zero-order valence-corrected chi connectivity index (χ0v) is 9.63. The maximum atomic E-state index is 11.9. The molecule has 1 atom stereocenters. The molecular weight excluding hydrogens is 262 g/mol. The van der Waals surface area contributed by atoms with Crippen molar-refractivity contribution in [2.45, 2.75) is 11.3 Å². The van der Waals surface area contributed by atoms with Crippen LogP contribution in [0.25, 0.3) is 0 Å². The maximum Gasteiger partial charge on any atom is 0.321 e. The molecule has 1 aromatic rings. The monoisotopic (exact) mass is 268 g/mol.